The number of benzene rings is 4. The molecule has 0 aliphatic carbocycles. The zero-order chi connectivity index (χ0) is 28.4. The van der Waals surface area contributed by atoms with E-state index >= 15 is 0 Å². The van der Waals surface area contributed by atoms with Crippen molar-refractivity contribution in [2.45, 2.75) is 19.5 Å². The number of nitrogens with zero attached hydrogens (tertiary/aromatic N) is 5. The minimum atomic E-state index is -0.508. The van der Waals surface area contributed by atoms with Gasteiger partial charge in [0.25, 0.3) is 0 Å². The third kappa shape index (κ3) is 3.75. The number of aryl methyl sites for hydroxylation is 1. The van der Waals surface area contributed by atoms with E-state index in [1.807, 2.05) is 90.5 Å². The number of para-hydroxylation sites is 3. The Hall–Kier alpha value is -4.95. The molecule has 0 saturated carbocycles. The van der Waals surface area contributed by atoms with E-state index in [4.69, 9.17) is 14.5 Å². The van der Waals surface area contributed by atoms with Gasteiger partial charge in [-0.25, -0.2) is 4.68 Å². The van der Waals surface area contributed by atoms with Gasteiger partial charge in [-0.1, -0.05) is 76.6 Å². The normalized spacial score (nSPS) is 15.4. The highest BCUT2D eigenvalue weighted by Gasteiger charge is 2.45. The van der Waals surface area contributed by atoms with Gasteiger partial charge in [-0.15, -0.1) is 0 Å². The second kappa shape index (κ2) is 9.56. The summed E-state index contributed by atoms with van der Waals surface area (Å²) in [6, 6.07) is 33.6. The molecular formula is C34H24BrN5O2. The third-order valence-electron chi connectivity index (χ3n) is 7.95. The van der Waals surface area contributed by atoms with Crippen LogP contribution in [0.1, 0.15) is 28.4 Å². The zero-order valence-electron chi connectivity index (χ0n) is 22.6. The molecule has 0 N–H and O–H groups in total. The monoisotopic (exact) mass is 613 g/mol. The average molecular weight is 615 g/mol. The van der Waals surface area contributed by atoms with Crippen molar-refractivity contribution in [1.29, 1.82) is 0 Å². The summed E-state index contributed by atoms with van der Waals surface area (Å²) in [7, 11) is 0. The first-order chi connectivity index (χ1) is 20.6. The smallest absolute Gasteiger partial charge is 0.213 e. The number of hydrogen-bond acceptors (Lipinski definition) is 6. The van der Waals surface area contributed by atoms with E-state index in [2.05, 4.69) is 50.0 Å². The Labute approximate surface area is 250 Å². The number of fused-ring (bicyclic) bond motifs is 5. The van der Waals surface area contributed by atoms with Crippen LogP contribution in [0.4, 0.5) is 17.2 Å². The van der Waals surface area contributed by atoms with E-state index in [1.165, 1.54) is 0 Å². The molecule has 0 amide bonds. The predicted octanol–water partition coefficient (Wildman–Crippen LogP) is 7.67. The molecule has 8 rings (SSSR count). The van der Waals surface area contributed by atoms with Gasteiger partial charge in [0.2, 0.25) is 5.96 Å². The lowest BCUT2D eigenvalue weighted by atomic mass is 9.95. The van der Waals surface area contributed by atoms with Crippen molar-refractivity contribution in [3.8, 4) is 5.69 Å². The molecule has 0 bridgehead atoms. The third-order valence-corrected chi connectivity index (χ3v) is 8.44. The molecule has 0 fully saturated rings. The number of rotatable bonds is 4. The Morgan fingerprint density at radius 3 is 2.38 bits per heavy atom. The summed E-state index contributed by atoms with van der Waals surface area (Å²) in [5.41, 5.74) is 6.72. The van der Waals surface area contributed by atoms with Crippen LogP contribution in [0.5, 0.6) is 0 Å². The standard InChI is InChI=1S/C34H24BrN5O2/c1-21-30-31(26-20-42-29-17-16-23(35)18-25(29)32(26)41)39-28-15-9-8-14-27(28)38(19-22-10-4-2-5-11-22)34(39)36-33(30)40(37-21)24-12-6-3-7-13-24/h2-18,20,31H,19H2,1H3/t31-/m0/s1. The molecule has 1 atom stereocenters. The van der Waals surface area contributed by atoms with Crippen LogP contribution in [0.3, 0.4) is 0 Å². The Morgan fingerprint density at radius 1 is 0.881 bits per heavy atom. The molecule has 2 aliphatic heterocycles. The number of halogens is 1. The molecule has 2 aromatic heterocycles. The maximum atomic E-state index is 14.3. The molecular weight excluding hydrogens is 590 g/mol. The Bertz CT molecular complexity index is 2080. The van der Waals surface area contributed by atoms with E-state index in [0.717, 1.165) is 44.3 Å². The van der Waals surface area contributed by atoms with Gasteiger partial charge in [0.15, 0.2) is 11.2 Å². The van der Waals surface area contributed by atoms with Gasteiger partial charge < -0.3 is 9.32 Å². The van der Waals surface area contributed by atoms with E-state index in [1.54, 1.807) is 6.26 Å². The molecule has 2 aliphatic rings. The summed E-state index contributed by atoms with van der Waals surface area (Å²) in [5.74, 6) is 1.44. The minimum absolute atomic E-state index is 0.0828. The van der Waals surface area contributed by atoms with Crippen LogP contribution in [-0.2, 0) is 6.54 Å². The first-order valence-electron chi connectivity index (χ1n) is 13.7. The maximum absolute atomic E-state index is 14.3. The lowest BCUT2D eigenvalue weighted by Gasteiger charge is -2.34. The number of guanidine groups is 1. The molecule has 0 saturated heterocycles. The van der Waals surface area contributed by atoms with Gasteiger partial charge in [0.1, 0.15) is 11.8 Å². The molecule has 4 aromatic carbocycles. The van der Waals surface area contributed by atoms with Crippen molar-refractivity contribution in [1.82, 2.24) is 9.78 Å². The van der Waals surface area contributed by atoms with Gasteiger partial charge in [0.05, 0.1) is 46.3 Å². The van der Waals surface area contributed by atoms with E-state index in [0.29, 0.717) is 28.9 Å². The van der Waals surface area contributed by atoms with E-state index in [-0.39, 0.29) is 5.43 Å². The molecule has 204 valence electrons. The fraction of sp³-hybridized carbons (Fsp3) is 0.0882. The number of anilines is 2. The number of hydrogen-bond donors (Lipinski definition) is 0. The van der Waals surface area contributed by atoms with Crippen molar-refractivity contribution < 1.29 is 4.42 Å². The largest absolute Gasteiger partial charge is 0.464 e. The second-order valence-corrected chi connectivity index (χ2v) is 11.4. The molecule has 8 heteroatoms. The lowest BCUT2D eigenvalue weighted by Crippen LogP contribution is -2.44. The van der Waals surface area contributed by atoms with Crippen molar-refractivity contribution in [3.05, 3.63) is 146 Å². The molecule has 7 nitrogen and oxygen atoms in total. The van der Waals surface area contributed by atoms with Crippen LogP contribution >= 0.6 is 15.9 Å². The molecule has 0 spiro atoms. The topological polar surface area (TPSA) is 66.9 Å². The van der Waals surface area contributed by atoms with Crippen LogP contribution < -0.4 is 15.2 Å². The van der Waals surface area contributed by atoms with E-state index in [9.17, 15) is 4.79 Å². The van der Waals surface area contributed by atoms with Gasteiger partial charge in [0, 0.05) is 10.0 Å². The van der Waals surface area contributed by atoms with E-state index < -0.39 is 6.04 Å². The van der Waals surface area contributed by atoms with Crippen molar-refractivity contribution in [2.24, 2.45) is 4.99 Å². The number of aromatic nitrogens is 2. The van der Waals surface area contributed by atoms with Crippen LogP contribution in [0.15, 0.2) is 128 Å². The molecule has 0 radical (unpaired) electrons. The van der Waals surface area contributed by atoms with Crippen molar-refractivity contribution in [3.63, 3.8) is 0 Å². The Balaban J connectivity index is 1.42. The molecule has 4 heterocycles. The summed E-state index contributed by atoms with van der Waals surface area (Å²) < 4.78 is 8.81. The minimum Gasteiger partial charge on any atom is -0.464 e. The first-order valence-corrected chi connectivity index (χ1v) is 14.5. The Morgan fingerprint density at radius 2 is 1.60 bits per heavy atom. The average Bonchev–Trinajstić information content (AvgIpc) is 3.52. The van der Waals surface area contributed by atoms with Gasteiger partial charge >= 0.3 is 0 Å². The second-order valence-electron chi connectivity index (χ2n) is 10.5. The molecule has 42 heavy (non-hydrogen) atoms. The van der Waals surface area contributed by atoms with Gasteiger partial charge in [-0.05, 0) is 55.0 Å². The summed E-state index contributed by atoms with van der Waals surface area (Å²) in [6.07, 6.45) is 1.61. The molecule has 6 aromatic rings. The highest BCUT2D eigenvalue weighted by atomic mass is 79.9. The quantitative estimate of drug-likeness (QED) is 0.204. The van der Waals surface area contributed by atoms with Crippen LogP contribution in [0.25, 0.3) is 16.7 Å². The summed E-state index contributed by atoms with van der Waals surface area (Å²) in [6.45, 7) is 2.60. The van der Waals surface area contributed by atoms with Crippen LogP contribution in [0.2, 0.25) is 0 Å². The summed E-state index contributed by atoms with van der Waals surface area (Å²) >= 11 is 3.53. The maximum Gasteiger partial charge on any atom is 0.213 e. The summed E-state index contributed by atoms with van der Waals surface area (Å²) in [4.78, 5) is 24.0. The van der Waals surface area contributed by atoms with Crippen molar-refractivity contribution >= 4 is 50.1 Å². The SMILES string of the molecule is Cc1nn(-c2ccccc2)c2c1[C@H](c1coc3ccc(Br)cc3c1=O)N1C(=N2)N(Cc2ccccc2)c2ccccc21. The predicted molar refractivity (Wildman–Crippen MR) is 169 cm³/mol. The Kier molecular flexibility index (Phi) is 5.65. The fourth-order valence-electron chi connectivity index (χ4n) is 6.06. The lowest BCUT2D eigenvalue weighted by molar-refractivity contribution is 0.585. The zero-order valence-corrected chi connectivity index (χ0v) is 24.2. The number of aliphatic imine (C=N–C) groups is 1. The highest BCUT2D eigenvalue weighted by molar-refractivity contribution is 9.10. The van der Waals surface area contributed by atoms with Crippen LogP contribution in [-0.4, -0.2) is 15.7 Å². The van der Waals surface area contributed by atoms with Gasteiger partial charge in [-0.2, -0.15) is 10.1 Å². The molecule has 0 unspecified atom stereocenters. The summed E-state index contributed by atoms with van der Waals surface area (Å²) in [5, 5.41) is 5.48. The highest BCUT2D eigenvalue weighted by Crippen LogP contribution is 2.50. The van der Waals surface area contributed by atoms with Crippen molar-refractivity contribution in [2.75, 3.05) is 9.80 Å². The van der Waals surface area contributed by atoms with Gasteiger partial charge in [-0.3, -0.25) is 9.69 Å². The van der Waals surface area contributed by atoms with Crippen LogP contribution in [0, 0.1) is 6.92 Å². The first kappa shape index (κ1) is 24.8. The fourth-order valence-corrected chi connectivity index (χ4v) is 6.42.